The van der Waals surface area contributed by atoms with Crippen LogP contribution in [0.3, 0.4) is 0 Å². The molecule has 1 heterocycles. The van der Waals surface area contributed by atoms with E-state index in [1.54, 1.807) is 34.9 Å². The fourth-order valence-electron chi connectivity index (χ4n) is 3.29. The van der Waals surface area contributed by atoms with E-state index < -0.39 is 17.2 Å². The molecular weight excluding hydrogens is 417 g/mol. The zero-order valence-corrected chi connectivity index (χ0v) is 17.1. The summed E-state index contributed by atoms with van der Waals surface area (Å²) in [6.07, 6.45) is 3.36. The van der Waals surface area contributed by atoms with Crippen LogP contribution in [0.1, 0.15) is 27.5 Å². The van der Waals surface area contributed by atoms with E-state index in [2.05, 4.69) is 0 Å². The first-order chi connectivity index (χ1) is 13.9. The van der Waals surface area contributed by atoms with Crippen LogP contribution in [0.15, 0.2) is 47.4 Å². The van der Waals surface area contributed by atoms with Crippen LogP contribution in [0.25, 0.3) is 10.9 Å². The number of carbonyl (C=O) groups is 1. The van der Waals surface area contributed by atoms with Crippen molar-refractivity contribution in [3.05, 3.63) is 80.3 Å². The van der Waals surface area contributed by atoms with Crippen LogP contribution in [0, 0.1) is 5.82 Å². The van der Waals surface area contributed by atoms with E-state index in [1.165, 1.54) is 24.0 Å². The van der Waals surface area contributed by atoms with Gasteiger partial charge in [0.2, 0.25) is 5.43 Å². The molecule has 8 heteroatoms. The molecule has 0 aliphatic carbocycles. The van der Waals surface area contributed by atoms with Crippen molar-refractivity contribution in [3.63, 3.8) is 0 Å². The SMILES string of the molecule is CSCC(CO)n1cc(C(=O)O)c(=O)c2cc(Cc3cccc(Cl)c3F)ccc21. The number of halogens is 2. The van der Waals surface area contributed by atoms with E-state index in [4.69, 9.17) is 11.6 Å². The van der Waals surface area contributed by atoms with Crippen LogP contribution in [0.4, 0.5) is 4.39 Å². The Kier molecular flexibility index (Phi) is 6.62. The molecule has 1 atom stereocenters. The highest BCUT2D eigenvalue weighted by molar-refractivity contribution is 7.98. The molecule has 152 valence electrons. The lowest BCUT2D eigenvalue weighted by Crippen LogP contribution is -2.24. The van der Waals surface area contributed by atoms with Gasteiger partial charge < -0.3 is 14.8 Å². The third-order valence-corrected chi connectivity index (χ3v) is 5.73. The zero-order valence-electron chi connectivity index (χ0n) is 15.6. The predicted molar refractivity (Wildman–Crippen MR) is 114 cm³/mol. The summed E-state index contributed by atoms with van der Waals surface area (Å²) >= 11 is 7.34. The summed E-state index contributed by atoms with van der Waals surface area (Å²) in [6, 6.07) is 9.36. The van der Waals surface area contributed by atoms with E-state index in [0.29, 0.717) is 22.4 Å². The number of aliphatic hydroxyl groups is 1. The number of carboxylic acids is 1. The number of thioether (sulfide) groups is 1. The van der Waals surface area contributed by atoms with Gasteiger partial charge in [-0.3, -0.25) is 4.79 Å². The summed E-state index contributed by atoms with van der Waals surface area (Å²) in [5.41, 5.74) is 0.557. The van der Waals surface area contributed by atoms with Crippen molar-refractivity contribution in [2.75, 3.05) is 18.6 Å². The number of benzene rings is 2. The van der Waals surface area contributed by atoms with Crippen LogP contribution in [-0.4, -0.2) is 39.4 Å². The Labute approximate surface area is 175 Å². The van der Waals surface area contributed by atoms with Gasteiger partial charge in [0, 0.05) is 23.8 Å². The molecule has 0 aliphatic rings. The fourth-order valence-corrected chi connectivity index (χ4v) is 4.13. The average molecular weight is 436 g/mol. The minimum atomic E-state index is -1.34. The van der Waals surface area contributed by atoms with Gasteiger partial charge in [-0.05, 0) is 35.6 Å². The zero-order chi connectivity index (χ0) is 21.1. The second-order valence-electron chi connectivity index (χ2n) is 6.62. The highest BCUT2D eigenvalue weighted by Gasteiger charge is 2.19. The Morgan fingerprint density at radius 2 is 2.07 bits per heavy atom. The number of rotatable bonds is 7. The van der Waals surface area contributed by atoms with Gasteiger partial charge in [0.25, 0.3) is 0 Å². The number of aromatic nitrogens is 1. The molecule has 0 saturated heterocycles. The minimum absolute atomic E-state index is 0.0154. The van der Waals surface area contributed by atoms with Gasteiger partial charge in [-0.15, -0.1) is 0 Å². The van der Waals surface area contributed by atoms with Crippen molar-refractivity contribution in [2.45, 2.75) is 12.5 Å². The Hall–Kier alpha value is -2.35. The number of hydrogen-bond donors (Lipinski definition) is 2. The summed E-state index contributed by atoms with van der Waals surface area (Å²) in [4.78, 5) is 24.4. The Morgan fingerprint density at radius 3 is 2.72 bits per heavy atom. The van der Waals surface area contributed by atoms with Crippen LogP contribution >= 0.6 is 23.4 Å². The molecule has 0 radical (unpaired) electrons. The van der Waals surface area contributed by atoms with E-state index in [1.807, 2.05) is 6.26 Å². The lowest BCUT2D eigenvalue weighted by atomic mass is 10.0. The second-order valence-corrected chi connectivity index (χ2v) is 7.94. The molecule has 3 aromatic rings. The molecular formula is C21H19ClFNO4S. The second kappa shape index (κ2) is 8.98. The molecule has 0 aliphatic heterocycles. The third kappa shape index (κ3) is 4.32. The highest BCUT2D eigenvalue weighted by Crippen LogP contribution is 2.24. The van der Waals surface area contributed by atoms with E-state index in [0.717, 1.165) is 0 Å². The molecule has 0 spiro atoms. The van der Waals surface area contributed by atoms with E-state index in [-0.39, 0.29) is 35.0 Å². The fraction of sp³-hybridized carbons (Fsp3) is 0.238. The minimum Gasteiger partial charge on any atom is -0.477 e. The lowest BCUT2D eigenvalue weighted by molar-refractivity contribution is 0.0694. The van der Waals surface area contributed by atoms with Gasteiger partial charge in [0.05, 0.1) is 23.2 Å². The first-order valence-electron chi connectivity index (χ1n) is 8.81. The van der Waals surface area contributed by atoms with Crippen molar-refractivity contribution >= 4 is 40.2 Å². The van der Waals surface area contributed by atoms with Gasteiger partial charge in [-0.1, -0.05) is 29.8 Å². The maximum atomic E-state index is 14.2. The molecule has 0 fully saturated rings. The monoisotopic (exact) mass is 435 g/mol. The van der Waals surface area contributed by atoms with E-state index in [9.17, 15) is 24.2 Å². The smallest absolute Gasteiger partial charge is 0.341 e. The highest BCUT2D eigenvalue weighted by atomic mass is 35.5. The molecule has 0 saturated carbocycles. The molecule has 1 aromatic heterocycles. The van der Waals surface area contributed by atoms with Crippen molar-refractivity contribution < 1.29 is 19.4 Å². The first-order valence-corrected chi connectivity index (χ1v) is 10.6. The Bertz CT molecular complexity index is 1130. The molecule has 3 rings (SSSR count). The van der Waals surface area contributed by atoms with Crippen LogP contribution < -0.4 is 5.43 Å². The average Bonchev–Trinajstić information content (AvgIpc) is 2.70. The molecule has 0 amide bonds. The summed E-state index contributed by atoms with van der Waals surface area (Å²) in [7, 11) is 0. The topological polar surface area (TPSA) is 79.5 Å². The van der Waals surface area contributed by atoms with Crippen molar-refractivity contribution in [2.24, 2.45) is 0 Å². The molecule has 29 heavy (non-hydrogen) atoms. The third-order valence-electron chi connectivity index (χ3n) is 4.72. The predicted octanol–water partition coefficient (Wildman–Crippen LogP) is 3.98. The Balaban J connectivity index is 2.18. The van der Waals surface area contributed by atoms with E-state index >= 15 is 0 Å². The molecule has 0 bridgehead atoms. The van der Waals surface area contributed by atoms with Crippen molar-refractivity contribution in [1.82, 2.24) is 4.57 Å². The lowest BCUT2D eigenvalue weighted by Gasteiger charge is -2.21. The number of aromatic carboxylic acids is 1. The van der Waals surface area contributed by atoms with Gasteiger partial charge in [0.1, 0.15) is 11.4 Å². The van der Waals surface area contributed by atoms with Crippen LogP contribution in [0.2, 0.25) is 5.02 Å². The summed E-state index contributed by atoms with van der Waals surface area (Å²) < 4.78 is 15.9. The van der Waals surface area contributed by atoms with Crippen molar-refractivity contribution in [1.29, 1.82) is 0 Å². The number of fused-ring (bicyclic) bond motifs is 1. The number of pyridine rings is 1. The number of hydrogen-bond acceptors (Lipinski definition) is 4. The van der Waals surface area contributed by atoms with Gasteiger partial charge in [-0.2, -0.15) is 11.8 Å². The maximum absolute atomic E-state index is 14.2. The number of aliphatic hydroxyl groups excluding tert-OH is 1. The molecule has 2 N–H and O–H groups in total. The van der Waals surface area contributed by atoms with Crippen LogP contribution in [0.5, 0.6) is 0 Å². The molecule has 2 aromatic carbocycles. The number of carboxylic acid groups (broad SMARTS) is 1. The number of nitrogens with zero attached hydrogens (tertiary/aromatic N) is 1. The molecule has 1 unspecified atom stereocenters. The summed E-state index contributed by atoms with van der Waals surface area (Å²) in [5.74, 6) is -1.31. The molecule has 5 nitrogen and oxygen atoms in total. The van der Waals surface area contributed by atoms with Gasteiger partial charge in [-0.25, -0.2) is 9.18 Å². The maximum Gasteiger partial charge on any atom is 0.341 e. The quantitative estimate of drug-likeness (QED) is 0.586. The van der Waals surface area contributed by atoms with Crippen LogP contribution in [-0.2, 0) is 6.42 Å². The first kappa shape index (κ1) is 21.4. The van der Waals surface area contributed by atoms with Crippen molar-refractivity contribution in [3.8, 4) is 0 Å². The standard InChI is InChI=1S/C21H19ClFNO4S/c1-29-11-14(10-25)24-9-16(21(27)28)20(26)15-8-12(5-6-18(15)24)7-13-3-2-4-17(22)19(13)23/h2-6,8-9,14,25H,7,10-11H2,1H3,(H,27,28). The normalized spacial score (nSPS) is 12.3. The van der Waals surface area contributed by atoms with Gasteiger partial charge >= 0.3 is 5.97 Å². The largest absolute Gasteiger partial charge is 0.477 e. The summed E-state index contributed by atoms with van der Waals surface area (Å²) in [6.45, 7) is -0.201. The Morgan fingerprint density at radius 1 is 1.31 bits per heavy atom. The van der Waals surface area contributed by atoms with Gasteiger partial charge in [0.15, 0.2) is 0 Å². The summed E-state index contributed by atoms with van der Waals surface area (Å²) in [5, 5.41) is 19.4.